The standard InChI is InChI=1S/C22H21N3O4S/c1-15-6-5-9-17(12-15)20(27)24-14-19(26)23-10-11-25-21(28)18(30-22(25)29)13-16-7-3-2-4-8-16/h2-9,12-13H,10-11,14H2,1H3,(H,23,26)(H,24,27)/b18-13-. The average Bonchev–Trinajstić information content (AvgIpc) is 3.00. The Morgan fingerprint density at radius 3 is 2.53 bits per heavy atom. The molecule has 2 aromatic rings. The first kappa shape index (κ1) is 21.3. The van der Waals surface area contributed by atoms with Gasteiger partial charge in [0.25, 0.3) is 17.1 Å². The zero-order valence-electron chi connectivity index (χ0n) is 16.4. The van der Waals surface area contributed by atoms with Crippen LogP contribution in [0.25, 0.3) is 6.08 Å². The van der Waals surface area contributed by atoms with Crippen LogP contribution in [0.15, 0.2) is 59.5 Å². The van der Waals surface area contributed by atoms with Crippen LogP contribution < -0.4 is 10.6 Å². The number of benzene rings is 2. The van der Waals surface area contributed by atoms with Gasteiger partial charge in [-0.1, -0.05) is 48.0 Å². The number of nitrogens with one attached hydrogen (secondary N) is 2. The van der Waals surface area contributed by atoms with E-state index in [0.29, 0.717) is 10.5 Å². The summed E-state index contributed by atoms with van der Waals surface area (Å²) in [5.74, 6) is -1.12. The van der Waals surface area contributed by atoms with Gasteiger partial charge in [0.05, 0.1) is 11.4 Å². The highest BCUT2D eigenvalue weighted by Gasteiger charge is 2.34. The van der Waals surface area contributed by atoms with E-state index in [0.717, 1.165) is 27.8 Å². The van der Waals surface area contributed by atoms with Crippen molar-refractivity contribution in [3.63, 3.8) is 0 Å². The maximum atomic E-state index is 12.4. The summed E-state index contributed by atoms with van der Waals surface area (Å²) in [7, 11) is 0. The number of amides is 4. The van der Waals surface area contributed by atoms with Gasteiger partial charge in [0, 0.05) is 18.7 Å². The van der Waals surface area contributed by atoms with Crippen LogP contribution in [0.5, 0.6) is 0 Å². The molecule has 1 fully saturated rings. The molecule has 0 aromatic heterocycles. The highest BCUT2D eigenvalue weighted by molar-refractivity contribution is 8.18. The summed E-state index contributed by atoms with van der Waals surface area (Å²) < 4.78 is 0. The molecule has 0 bridgehead atoms. The zero-order chi connectivity index (χ0) is 21.5. The van der Waals surface area contributed by atoms with Crippen LogP contribution >= 0.6 is 11.8 Å². The Kier molecular flexibility index (Phi) is 7.03. The number of carbonyl (C=O) groups is 4. The molecule has 30 heavy (non-hydrogen) atoms. The molecule has 0 spiro atoms. The van der Waals surface area contributed by atoms with Crippen LogP contribution in [0.2, 0.25) is 0 Å². The van der Waals surface area contributed by atoms with E-state index in [1.165, 1.54) is 0 Å². The summed E-state index contributed by atoms with van der Waals surface area (Å²) in [5, 5.41) is 4.78. The van der Waals surface area contributed by atoms with Crippen LogP contribution in [0, 0.1) is 6.92 Å². The van der Waals surface area contributed by atoms with Crippen molar-refractivity contribution in [2.45, 2.75) is 6.92 Å². The Bertz CT molecular complexity index is 1000. The van der Waals surface area contributed by atoms with E-state index in [-0.39, 0.29) is 36.7 Å². The Hall–Kier alpha value is -3.39. The van der Waals surface area contributed by atoms with Gasteiger partial charge in [-0.2, -0.15) is 0 Å². The minimum Gasteiger partial charge on any atom is -0.353 e. The van der Waals surface area contributed by atoms with Gasteiger partial charge in [-0.15, -0.1) is 0 Å². The van der Waals surface area contributed by atoms with Crippen LogP contribution in [-0.2, 0) is 9.59 Å². The van der Waals surface area contributed by atoms with Crippen molar-refractivity contribution >= 4 is 40.8 Å². The average molecular weight is 423 g/mol. The minimum atomic E-state index is -0.400. The maximum absolute atomic E-state index is 12.4. The summed E-state index contributed by atoms with van der Waals surface area (Å²) >= 11 is 0.877. The lowest BCUT2D eigenvalue weighted by molar-refractivity contribution is -0.124. The first-order chi connectivity index (χ1) is 14.4. The van der Waals surface area contributed by atoms with Crippen LogP contribution in [0.1, 0.15) is 21.5 Å². The number of carbonyl (C=O) groups excluding carboxylic acids is 4. The number of hydrogen-bond donors (Lipinski definition) is 2. The molecule has 154 valence electrons. The molecule has 1 aliphatic heterocycles. The van der Waals surface area contributed by atoms with Crippen molar-refractivity contribution in [1.82, 2.24) is 15.5 Å². The normalized spacial score (nSPS) is 14.8. The molecule has 1 aliphatic rings. The van der Waals surface area contributed by atoms with Gasteiger partial charge in [-0.05, 0) is 42.5 Å². The number of imide groups is 1. The number of thioether (sulfide) groups is 1. The smallest absolute Gasteiger partial charge is 0.293 e. The third-order valence-corrected chi connectivity index (χ3v) is 5.23. The fraction of sp³-hybridized carbons (Fsp3) is 0.182. The summed E-state index contributed by atoms with van der Waals surface area (Å²) in [6, 6.07) is 16.3. The van der Waals surface area contributed by atoms with E-state index < -0.39 is 5.91 Å². The molecule has 0 unspecified atom stereocenters. The zero-order valence-corrected chi connectivity index (χ0v) is 17.2. The molecule has 3 rings (SSSR count). The molecule has 0 radical (unpaired) electrons. The molecule has 7 nitrogen and oxygen atoms in total. The van der Waals surface area contributed by atoms with E-state index in [1.807, 2.05) is 43.3 Å². The van der Waals surface area contributed by atoms with Gasteiger partial charge in [0.1, 0.15) is 0 Å². The molecule has 1 heterocycles. The Morgan fingerprint density at radius 1 is 1.03 bits per heavy atom. The molecule has 0 atom stereocenters. The second kappa shape index (κ2) is 9.89. The molecule has 4 amide bonds. The summed E-state index contributed by atoms with van der Waals surface area (Å²) in [6.07, 6.45) is 1.67. The van der Waals surface area contributed by atoms with Crippen molar-refractivity contribution in [3.8, 4) is 0 Å². The van der Waals surface area contributed by atoms with E-state index in [2.05, 4.69) is 10.6 Å². The van der Waals surface area contributed by atoms with Crippen LogP contribution in [-0.4, -0.2) is 47.5 Å². The molecule has 8 heteroatoms. The lowest BCUT2D eigenvalue weighted by Crippen LogP contribution is -2.41. The lowest BCUT2D eigenvalue weighted by Gasteiger charge is -2.13. The van der Waals surface area contributed by atoms with E-state index in [1.54, 1.807) is 24.3 Å². The predicted octanol–water partition coefficient (Wildman–Crippen LogP) is 2.58. The van der Waals surface area contributed by atoms with E-state index in [9.17, 15) is 19.2 Å². The highest BCUT2D eigenvalue weighted by atomic mass is 32.2. The molecular weight excluding hydrogens is 402 g/mol. The molecule has 2 N–H and O–H groups in total. The topological polar surface area (TPSA) is 95.6 Å². The SMILES string of the molecule is Cc1cccc(C(=O)NCC(=O)NCCN2C(=O)S/C(=C\c3ccccc3)C2=O)c1. The first-order valence-corrected chi connectivity index (χ1v) is 10.2. The second-order valence-electron chi connectivity index (χ2n) is 6.65. The van der Waals surface area contributed by atoms with Gasteiger partial charge in [0.15, 0.2) is 0 Å². The van der Waals surface area contributed by atoms with Crippen LogP contribution in [0.4, 0.5) is 4.79 Å². The molecule has 0 saturated carbocycles. The number of hydrogen-bond acceptors (Lipinski definition) is 5. The number of aryl methyl sites for hydroxylation is 1. The maximum Gasteiger partial charge on any atom is 0.293 e. The van der Waals surface area contributed by atoms with Gasteiger partial charge in [-0.25, -0.2) is 0 Å². The number of rotatable bonds is 7. The van der Waals surface area contributed by atoms with Gasteiger partial charge < -0.3 is 10.6 Å². The third-order valence-electron chi connectivity index (χ3n) is 4.32. The fourth-order valence-electron chi connectivity index (χ4n) is 2.81. The molecule has 1 saturated heterocycles. The summed E-state index contributed by atoms with van der Waals surface area (Å²) in [4.78, 5) is 50.0. The van der Waals surface area contributed by atoms with Crippen molar-refractivity contribution < 1.29 is 19.2 Å². The molecule has 2 aromatic carbocycles. The monoisotopic (exact) mass is 423 g/mol. The van der Waals surface area contributed by atoms with Crippen molar-refractivity contribution in [1.29, 1.82) is 0 Å². The van der Waals surface area contributed by atoms with Gasteiger partial charge >= 0.3 is 0 Å². The quantitative estimate of drug-likeness (QED) is 0.668. The Morgan fingerprint density at radius 2 is 1.80 bits per heavy atom. The minimum absolute atomic E-state index is 0.0639. The van der Waals surface area contributed by atoms with Gasteiger partial charge in [0.2, 0.25) is 5.91 Å². The third kappa shape index (κ3) is 5.57. The Balaban J connectivity index is 1.45. The van der Waals surface area contributed by atoms with Crippen molar-refractivity contribution in [2.75, 3.05) is 19.6 Å². The van der Waals surface area contributed by atoms with Crippen LogP contribution in [0.3, 0.4) is 0 Å². The highest BCUT2D eigenvalue weighted by Crippen LogP contribution is 2.31. The molecule has 0 aliphatic carbocycles. The second-order valence-corrected chi connectivity index (χ2v) is 7.64. The van der Waals surface area contributed by atoms with Gasteiger partial charge in [-0.3, -0.25) is 24.1 Å². The predicted molar refractivity (Wildman–Crippen MR) is 116 cm³/mol. The summed E-state index contributed by atoms with van der Waals surface area (Å²) in [6.45, 7) is 1.86. The number of nitrogens with zero attached hydrogens (tertiary/aromatic N) is 1. The molecular formula is C22H21N3O4S. The first-order valence-electron chi connectivity index (χ1n) is 9.36. The van der Waals surface area contributed by atoms with Crippen molar-refractivity contribution in [3.05, 3.63) is 76.2 Å². The van der Waals surface area contributed by atoms with E-state index in [4.69, 9.17) is 0 Å². The Labute approximate surface area is 178 Å². The fourth-order valence-corrected chi connectivity index (χ4v) is 3.68. The largest absolute Gasteiger partial charge is 0.353 e. The van der Waals surface area contributed by atoms with E-state index >= 15 is 0 Å². The summed E-state index contributed by atoms with van der Waals surface area (Å²) in [5.41, 5.74) is 2.26. The van der Waals surface area contributed by atoms with Crippen molar-refractivity contribution in [2.24, 2.45) is 0 Å². The lowest BCUT2D eigenvalue weighted by atomic mass is 10.1.